The minimum Gasteiger partial charge on any atom is -0.315 e. The molecule has 1 fully saturated rings. The van der Waals surface area contributed by atoms with Gasteiger partial charge in [-0.25, -0.2) is 13.4 Å². The number of rotatable bonds is 3. The molecule has 2 aliphatic heterocycles. The van der Waals surface area contributed by atoms with Crippen molar-refractivity contribution in [3.63, 3.8) is 0 Å². The van der Waals surface area contributed by atoms with Gasteiger partial charge in [-0.3, -0.25) is 14.2 Å². The van der Waals surface area contributed by atoms with Crippen molar-refractivity contribution in [1.29, 1.82) is 0 Å². The molecular weight excluding hydrogens is 456 g/mol. The maximum atomic E-state index is 12.5. The molecule has 2 aliphatic rings. The van der Waals surface area contributed by atoms with Gasteiger partial charge in [0, 0.05) is 28.2 Å². The van der Waals surface area contributed by atoms with Crippen LogP contribution in [0.5, 0.6) is 0 Å². The molecule has 2 atom stereocenters. The summed E-state index contributed by atoms with van der Waals surface area (Å²) in [6.45, 7) is 2.25. The normalized spacial score (nSPS) is 21.8. The summed E-state index contributed by atoms with van der Waals surface area (Å²) in [5.41, 5.74) is 2.78. The molecule has 0 spiro atoms. The number of hydrogen-bond donors (Lipinski definition) is 0. The molecule has 4 heterocycles. The van der Waals surface area contributed by atoms with Gasteiger partial charge in [0.1, 0.15) is 5.65 Å². The van der Waals surface area contributed by atoms with Crippen molar-refractivity contribution in [2.45, 2.75) is 24.8 Å². The molecule has 7 nitrogen and oxygen atoms in total. The molecule has 0 unspecified atom stereocenters. The predicted octanol–water partition coefficient (Wildman–Crippen LogP) is 2.93. The lowest BCUT2D eigenvalue weighted by Gasteiger charge is -2.25. The molecule has 160 valence electrons. The van der Waals surface area contributed by atoms with Crippen LogP contribution in [0.2, 0.25) is 5.02 Å². The average Bonchev–Trinajstić information content (AvgIpc) is 3.22. The van der Waals surface area contributed by atoms with Crippen LogP contribution < -0.4 is 10.5 Å². The Hall–Kier alpha value is -2.36. The van der Waals surface area contributed by atoms with Gasteiger partial charge < -0.3 is 4.90 Å². The Bertz CT molecular complexity index is 1390. The fourth-order valence-electron chi connectivity index (χ4n) is 3.84. The van der Waals surface area contributed by atoms with Crippen LogP contribution in [0.15, 0.2) is 58.4 Å². The van der Waals surface area contributed by atoms with E-state index in [2.05, 4.69) is 4.98 Å². The van der Waals surface area contributed by atoms with Crippen molar-refractivity contribution in [2.75, 3.05) is 16.4 Å². The summed E-state index contributed by atoms with van der Waals surface area (Å²) in [5, 5.41) is 1.26. The zero-order valence-electron chi connectivity index (χ0n) is 16.6. The average molecular weight is 475 g/mol. The molecule has 0 amide bonds. The molecule has 0 aliphatic carbocycles. The zero-order chi connectivity index (χ0) is 21.8. The van der Waals surface area contributed by atoms with E-state index >= 15 is 0 Å². The van der Waals surface area contributed by atoms with Crippen molar-refractivity contribution < 1.29 is 8.42 Å². The second-order valence-electron chi connectivity index (χ2n) is 7.75. The molecule has 31 heavy (non-hydrogen) atoms. The van der Waals surface area contributed by atoms with Crippen LogP contribution >= 0.6 is 23.4 Å². The van der Waals surface area contributed by atoms with Gasteiger partial charge >= 0.3 is 0 Å². The first-order chi connectivity index (χ1) is 14.8. The summed E-state index contributed by atoms with van der Waals surface area (Å²) >= 11 is 7.85. The zero-order valence-corrected chi connectivity index (χ0v) is 19.0. The number of hydrogen-bond acceptors (Lipinski definition) is 7. The van der Waals surface area contributed by atoms with Crippen LogP contribution in [-0.2, 0) is 16.4 Å². The molecule has 10 heteroatoms. The number of pyridine rings is 1. The van der Waals surface area contributed by atoms with Gasteiger partial charge in [-0.05, 0) is 36.8 Å². The minimum atomic E-state index is -3.04. The van der Waals surface area contributed by atoms with Crippen LogP contribution in [0, 0.1) is 6.92 Å². The van der Waals surface area contributed by atoms with Crippen LogP contribution in [0.3, 0.4) is 0 Å². The van der Waals surface area contributed by atoms with Crippen molar-refractivity contribution in [3.05, 3.63) is 75.3 Å². The Morgan fingerprint density at radius 2 is 2.06 bits per heavy atom. The van der Waals surface area contributed by atoms with Crippen molar-refractivity contribution in [1.82, 2.24) is 9.38 Å². The number of amidine groups is 1. The van der Waals surface area contributed by atoms with Crippen molar-refractivity contribution >= 4 is 49.7 Å². The van der Waals surface area contributed by atoms with E-state index in [4.69, 9.17) is 16.6 Å². The number of anilines is 1. The molecule has 3 aromatic rings. The van der Waals surface area contributed by atoms with E-state index in [1.165, 1.54) is 22.2 Å². The number of halogens is 1. The minimum absolute atomic E-state index is 0.0756. The van der Waals surface area contributed by atoms with E-state index in [-0.39, 0.29) is 28.4 Å². The summed E-state index contributed by atoms with van der Waals surface area (Å²) in [4.78, 5) is 23.9. The maximum absolute atomic E-state index is 12.5. The Labute approximate surface area is 188 Å². The smallest absolute Gasteiger partial charge is 0.258 e. The standard InChI is InChI=1S/C21H19ClN4O3S2/c1-13-5-6-15(9-16(13)22)26(21-24-17-11-31(28,29)12-18(17)30-21)10-14-8-20(27)25-7-3-2-4-19(25)23-14/h2-9,17-18H,10-12H2,1H3/t17-,18-/m1/s1. The fraction of sp³-hybridized carbons (Fsp3) is 0.286. The molecule has 0 saturated carbocycles. The van der Waals surface area contributed by atoms with Crippen LogP contribution in [-0.4, -0.2) is 45.8 Å². The van der Waals surface area contributed by atoms with Gasteiger partial charge in [-0.2, -0.15) is 0 Å². The van der Waals surface area contributed by atoms with E-state index in [9.17, 15) is 13.2 Å². The van der Waals surface area contributed by atoms with Crippen molar-refractivity contribution in [2.24, 2.45) is 4.99 Å². The number of aliphatic imine (C=N–C) groups is 1. The van der Waals surface area contributed by atoms with E-state index in [1.54, 1.807) is 18.3 Å². The second-order valence-corrected chi connectivity index (χ2v) is 11.5. The van der Waals surface area contributed by atoms with E-state index in [0.29, 0.717) is 22.9 Å². The summed E-state index contributed by atoms with van der Waals surface area (Å²) in [7, 11) is -3.04. The van der Waals surface area contributed by atoms with Gasteiger partial charge in [0.15, 0.2) is 15.0 Å². The predicted molar refractivity (Wildman–Crippen MR) is 125 cm³/mol. The lowest BCUT2D eigenvalue weighted by molar-refractivity contribution is 0.601. The molecule has 0 radical (unpaired) electrons. The van der Waals surface area contributed by atoms with Gasteiger partial charge in [0.25, 0.3) is 5.56 Å². The molecule has 1 saturated heterocycles. The van der Waals surface area contributed by atoms with Gasteiger partial charge in [-0.1, -0.05) is 35.5 Å². The topological polar surface area (TPSA) is 84.1 Å². The number of sulfone groups is 1. The highest BCUT2D eigenvalue weighted by molar-refractivity contribution is 8.15. The lowest BCUT2D eigenvalue weighted by Crippen LogP contribution is -2.29. The maximum Gasteiger partial charge on any atom is 0.258 e. The van der Waals surface area contributed by atoms with E-state index in [1.807, 2.05) is 36.1 Å². The lowest BCUT2D eigenvalue weighted by atomic mass is 10.2. The Kier molecular flexibility index (Phi) is 5.07. The highest BCUT2D eigenvalue weighted by atomic mass is 35.5. The van der Waals surface area contributed by atoms with E-state index < -0.39 is 9.84 Å². The highest BCUT2D eigenvalue weighted by Gasteiger charge is 2.44. The molecule has 0 N–H and O–H groups in total. The third-order valence-corrected chi connectivity index (χ3v) is 9.10. The molecular formula is C21H19ClN4O3S2. The number of benzene rings is 1. The van der Waals surface area contributed by atoms with Crippen LogP contribution in [0.25, 0.3) is 5.65 Å². The third-order valence-electron chi connectivity index (χ3n) is 5.45. The Balaban J connectivity index is 1.55. The number of aryl methyl sites for hydroxylation is 1. The number of thioether (sulfide) groups is 1. The molecule has 0 bridgehead atoms. The van der Waals surface area contributed by atoms with Crippen molar-refractivity contribution in [3.8, 4) is 0 Å². The fourth-order valence-corrected chi connectivity index (χ4v) is 7.79. The number of aromatic nitrogens is 2. The largest absolute Gasteiger partial charge is 0.315 e. The van der Waals surface area contributed by atoms with Crippen LogP contribution in [0.4, 0.5) is 5.69 Å². The Morgan fingerprint density at radius 1 is 1.23 bits per heavy atom. The van der Waals surface area contributed by atoms with Gasteiger partial charge in [0.05, 0.1) is 29.8 Å². The quantitative estimate of drug-likeness (QED) is 0.580. The second kappa shape index (κ2) is 7.65. The number of fused-ring (bicyclic) bond motifs is 2. The first-order valence-electron chi connectivity index (χ1n) is 9.75. The van der Waals surface area contributed by atoms with E-state index in [0.717, 1.165) is 16.4 Å². The van der Waals surface area contributed by atoms with Gasteiger partial charge in [-0.15, -0.1) is 0 Å². The summed E-state index contributed by atoms with van der Waals surface area (Å²) in [6.07, 6.45) is 1.69. The summed E-state index contributed by atoms with van der Waals surface area (Å²) in [6, 6.07) is 12.4. The molecule has 5 rings (SSSR count). The summed E-state index contributed by atoms with van der Waals surface area (Å²) in [5.74, 6) is 0.208. The number of nitrogens with zero attached hydrogens (tertiary/aromatic N) is 4. The summed E-state index contributed by atoms with van der Waals surface area (Å²) < 4.78 is 25.4. The first kappa shape index (κ1) is 20.5. The monoisotopic (exact) mass is 474 g/mol. The highest BCUT2D eigenvalue weighted by Crippen LogP contribution is 2.38. The Morgan fingerprint density at radius 3 is 2.84 bits per heavy atom. The van der Waals surface area contributed by atoms with Crippen LogP contribution in [0.1, 0.15) is 11.3 Å². The first-order valence-corrected chi connectivity index (χ1v) is 12.8. The molecule has 1 aromatic carbocycles. The SMILES string of the molecule is Cc1ccc(N(Cc2cc(=O)n3ccccc3n2)C2=N[C@@H]3CS(=O)(=O)C[C@H]3S2)cc1Cl. The third kappa shape index (κ3) is 3.97. The van der Waals surface area contributed by atoms with Gasteiger partial charge in [0.2, 0.25) is 0 Å². The molecule has 2 aromatic heterocycles.